The molecule has 3 rings (SSSR count). The first kappa shape index (κ1) is 20.0. The van der Waals surface area contributed by atoms with Crippen LogP contribution in [0.25, 0.3) is 11.4 Å². The Morgan fingerprint density at radius 1 is 1.17 bits per heavy atom. The van der Waals surface area contributed by atoms with Crippen LogP contribution >= 0.6 is 0 Å². The first-order valence-electron chi connectivity index (χ1n) is 8.71. The fourth-order valence-corrected chi connectivity index (χ4v) is 2.44. The normalized spacial score (nSPS) is 11.5. The van der Waals surface area contributed by atoms with Crippen LogP contribution in [0.15, 0.2) is 59.1 Å². The molecule has 1 heterocycles. The summed E-state index contributed by atoms with van der Waals surface area (Å²) >= 11 is 0. The number of carbonyl (C=O) groups excluding carboxylic acids is 2. The van der Waals surface area contributed by atoms with Gasteiger partial charge in [0.05, 0.1) is 13.7 Å². The first-order chi connectivity index (χ1) is 14.1. The van der Waals surface area contributed by atoms with Gasteiger partial charge in [0.15, 0.2) is 12.6 Å². The molecule has 1 unspecified atom stereocenters. The number of hydrogen-bond acceptors (Lipinski definition) is 8. The molecule has 29 heavy (non-hydrogen) atoms. The van der Waals surface area contributed by atoms with Crippen molar-refractivity contribution in [3.63, 3.8) is 0 Å². The van der Waals surface area contributed by atoms with E-state index in [1.807, 2.05) is 0 Å². The zero-order valence-corrected chi connectivity index (χ0v) is 15.6. The lowest BCUT2D eigenvalue weighted by Gasteiger charge is -2.14. The summed E-state index contributed by atoms with van der Waals surface area (Å²) in [6, 6.07) is 14.2. The highest BCUT2D eigenvalue weighted by molar-refractivity contribution is 5.96. The molecule has 0 spiro atoms. The number of rotatable bonds is 8. The summed E-state index contributed by atoms with van der Waals surface area (Å²) in [4.78, 5) is 28.5. The Hall–Kier alpha value is -3.72. The molecule has 3 aromatic rings. The van der Waals surface area contributed by atoms with Gasteiger partial charge in [0.2, 0.25) is 5.82 Å². The molecule has 1 aromatic heterocycles. The molecule has 0 fully saturated rings. The summed E-state index contributed by atoms with van der Waals surface area (Å²) in [7, 11) is 1.55. The quantitative estimate of drug-likeness (QED) is 0.549. The average Bonchev–Trinajstić information content (AvgIpc) is 3.25. The zero-order chi connectivity index (χ0) is 20.6. The maximum absolute atomic E-state index is 12.2. The number of nitrogens with one attached hydrogen (secondary N) is 1. The second-order valence-corrected chi connectivity index (χ2v) is 5.93. The third-order valence-electron chi connectivity index (χ3n) is 3.94. The van der Waals surface area contributed by atoms with Gasteiger partial charge in [-0.05, 0) is 24.3 Å². The number of aromatic nitrogens is 2. The maximum atomic E-state index is 12.2. The Kier molecular flexibility index (Phi) is 6.54. The van der Waals surface area contributed by atoms with Crippen molar-refractivity contribution >= 4 is 11.9 Å². The van der Waals surface area contributed by atoms with Gasteiger partial charge in [-0.2, -0.15) is 4.98 Å². The van der Waals surface area contributed by atoms with Crippen LogP contribution in [0, 0.1) is 0 Å². The fraction of sp³-hybridized carbons (Fsp3) is 0.200. The topological polar surface area (TPSA) is 124 Å². The number of methoxy groups -OCH3 is 1. The number of aliphatic hydroxyl groups is 1. The van der Waals surface area contributed by atoms with E-state index in [-0.39, 0.29) is 12.5 Å². The molecule has 0 aliphatic carbocycles. The highest BCUT2D eigenvalue weighted by Gasteiger charge is 2.23. The van der Waals surface area contributed by atoms with Crippen LogP contribution in [-0.4, -0.2) is 46.9 Å². The average molecular weight is 397 g/mol. The van der Waals surface area contributed by atoms with Crippen molar-refractivity contribution in [3.8, 4) is 17.1 Å². The second kappa shape index (κ2) is 9.47. The van der Waals surface area contributed by atoms with E-state index in [0.29, 0.717) is 22.7 Å². The third kappa shape index (κ3) is 5.17. The highest BCUT2D eigenvalue weighted by atomic mass is 16.6. The SMILES string of the molecule is COc1cccc(-c2noc(COC(=O)C(CO)NC(=O)c3ccccc3)n2)c1. The molecule has 150 valence electrons. The molecular weight excluding hydrogens is 378 g/mol. The van der Waals surface area contributed by atoms with Crippen molar-refractivity contribution < 1.29 is 28.7 Å². The fourth-order valence-electron chi connectivity index (χ4n) is 2.44. The smallest absolute Gasteiger partial charge is 0.331 e. The van der Waals surface area contributed by atoms with E-state index in [4.69, 9.17) is 14.0 Å². The predicted molar refractivity (Wildman–Crippen MR) is 101 cm³/mol. The summed E-state index contributed by atoms with van der Waals surface area (Å²) in [6.07, 6.45) is 0. The van der Waals surface area contributed by atoms with E-state index in [1.54, 1.807) is 61.7 Å². The maximum Gasteiger partial charge on any atom is 0.331 e. The molecule has 2 aromatic carbocycles. The van der Waals surface area contributed by atoms with Gasteiger partial charge >= 0.3 is 5.97 Å². The Morgan fingerprint density at radius 2 is 1.97 bits per heavy atom. The van der Waals surface area contributed by atoms with E-state index >= 15 is 0 Å². The summed E-state index contributed by atoms with van der Waals surface area (Å²) in [5.74, 6) is -0.300. The second-order valence-electron chi connectivity index (χ2n) is 5.93. The van der Waals surface area contributed by atoms with E-state index in [2.05, 4.69) is 15.5 Å². The standard InChI is InChI=1S/C20H19N3O6/c1-27-15-9-5-8-14(10-15)18-22-17(29-23-18)12-28-20(26)16(11-24)21-19(25)13-6-3-2-4-7-13/h2-10,16,24H,11-12H2,1H3,(H,21,25). The number of ether oxygens (including phenoxy) is 2. The number of hydrogen-bond donors (Lipinski definition) is 2. The molecule has 0 aliphatic rings. The summed E-state index contributed by atoms with van der Waals surface area (Å²) in [6.45, 7) is -0.913. The van der Waals surface area contributed by atoms with Gasteiger partial charge in [0.25, 0.3) is 11.8 Å². The summed E-state index contributed by atoms with van der Waals surface area (Å²) in [5, 5.41) is 15.7. The molecule has 0 saturated heterocycles. The van der Waals surface area contributed by atoms with E-state index < -0.39 is 24.5 Å². The number of carbonyl (C=O) groups is 2. The monoisotopic (exact) mass is 397 g/mol. The van der Waals surface area contributed by atoms with Gasteiger partial charge in [-0.3, -0.25) is 4.79 Å². The Bertz CT molecular complexity index is 973. The molecule has 1 atom stereocenters. The lowest BCUT2D eigenvalue weighted by atomic mass is 10.2. The van der Waals surface area contributed by atoms with Crippen molar-refractivity contribution in [2.75, 3.05) is 13.7 Å². The number of aliphatic hydroxyl groups excluding tert-OH is 1. The Balaban J connectivity index is 1.58. The van der Waals surface area contributed by atoms with Crippen molar-refractivity contribution in [2.24, 2.45) is 0 Å². The van der Waals surface area contributed by atoms with Crippen molar-refractivity contribution in [1.29, 1.82) is 0 Å². The Morgan fingerprint density at radius 3 is 2.69 bits per heavy atom. The molecule has 0 aliphatic heterocycles. The van der Waals surface area contributed by atoms with Crippen molar-refractivity contribution in [1.82, 2.24) is 15.5 Å². The molecule has 0 saturated carbocycles. The summed E-state index contributed by atoms with van der Waals surface area (Å²) in [5.41, 5.74) is 1.03. The molecule has 2 N–H and O–H groups in total. The lowest BCUT2D eigenvalue weighted by molar-refractivity contribution is -0.149. The van der Waals surface area contributed by atoms with Gasteiger partial charge in [0, 0.05) is 11.1 Å². The van der Waals surface area contributed by atoms with Gasteiger partial charge in [-0.25, -0.2) is 4.79 Å². The van der Waals surface area contributed by atoms with Gasteiger partial charge in [-0.15, -0.1) is 0 Å². The van der Waals surface area contributed by atoms with Crippen LogP contribution < -0.4 is 10.1 Å². The van der Waals surface area contributed by atoms with E-state index in [1.165, 1.54) is 0 Å². The largest absolute Gasteiger partial charge is 0.497 e. The van der Waals surface area contributed by atoms with Gasteiger partial charge in [-0.1, -0.05) is 35.5 Å². The Labute approximate surface area is 166 Å². The van der Waals surface area contributed by atoms with Crippen molar-refractivity contribution in [3.05, 3.63) is 66.1 Å². The van der Waals surface area contributed by atoms with Crippen LogP contribution in [-0.2, 0) is 16.1 Å². The van der Waals surface area contributed by atoms with Gasteiger partial charge < -0.3 is 24.4 Å². The molecule has 1 amide bonds. The van der Waals surface area contributed by atoms with Crippen LogP contribution in [0.1, 0.15) is 16.2 Å². The molecular formula is C20H19N3O6. The minimum absolute atomic E-state index is 0.0715. The summed E-state index contributed by atoms with van der Waals surface area (Å²) < 4.78 is 15.3. The first-order valence-corrected chi connectivity index (χ1v) is 8.71. The number of benzene rings is 2. The number of nitrogens with zero attached hydrogens (tertiary/aromatic N) is 2. The molecule has 9 nitrogen and oxygen atoms in total. The minimum atomic E-state index is -1.22. The zero-order valence-electron chi connectivity index (χ0n) is 15.6. The minimum Gasteiger partial charge on any atom is -0.497 e. The molecule has 9 heteroatoms. The molecule has 0 radical (unpaired) electrons. The van der Waals surface area contributed by atoms with Crippen molar-refractivity contribution in [2.45, 2.75) is 12.6 Å². The predicted octanol–water partition coefficient (Wildman–Crippen LogP) is 1.58. The van der Waals surface area contributed by atoms with Crippen LogP contribution in [0.3, 0.4) is 0 Å². The van der Waals surface area contributed by atoms with Crippen LogP contribution in [0.4, 0.5) is 0 Å². The van der Waals surface area contributed by atoms with E-state index in [0.717, 1.165) is 0 Å². The van der Waals surface area contributed by atoms with Crippen LogP contribution in [0.2, 0.25) is 0 Å². The van der Waals surface area contributed by atoms with Crippen LogP contribution in [0.5, 0.6) is 5.75 Å². The van der Waals surface area contributed by atoms with Gasteiger partial charge in [0.1, 0.15) is 5.75 Å². The van der Waals surface area contributed by atoms with E-state index in [9.17, 15) is 14.7 Å². The lowest BCUT2D eigenvalue weighted by Crippen LogP contribution is -2.44. The molecule has 0 bridgehead atoms. The number of esters is 1. The highest BCUT2D eigenvalue weighted by Crippen LogP contribution is 2.21. The third-order valence-corrected chi connectivity index (χ3v) is 3.94. The number of amides is 1.